The van der Waals surface area contributed by atoms with E-state index in [-0.39, 0.29) is 23.7 Å². The zero-order chi connectivity index (χ0) is 13.3. The van der Waals surface area contributed by atoms with Gasteiger partial charge in [0.2, 0.25) is 5.91 Å². The van der Waals surface area contributed by atoms with Gasteiger partial charge in [0.15, 0.2) is 0 Å². The molecule has 0 bridgehead atoms. The fraction of sp³-hybridized carbons (Fsp3) is 0.533. The van der Waals surface area contributed by atoms with E-state index in [2.05, 4.69) is 0 Å². The number of amides is 1. The predicted octanol–water partition coefficient (Wildman–Crippen LogP) is 1.75. The standard InChI is InChI=1S/C15H20N2O2.ClH/c16-13(12-4-2-1-3-5-12)14(18)17-8-6-15(10-17)7-9-19-11-15;/h1-5,13H,6-11,16H2;1H. The molecule has 2 fully saturated rings. The Bertz CT molecular complexity index is 460. The Balaban J connectivity index is 0.00000147. The normalized spacial score (nSPS) is 26.6. The zero-order valence-corrected chi connectivity index (χ0v) is 12.3. The number of nitrogens with two attached hydrogens (primary N) is 1. The molecule has 1 spiro atoms. The minimum Gasteiger partial charge on any atom is -0.381 e. The Morgan fingerprint density at radius 1 is 1.30 bits per heavy atom. The van der Waals surface area contributed by atoms with Gasteiger partial charge in [-0.3, -0.25) is 4.79 Å². The van der Waals surface area contributed by atoms with Crippen LogP contribution in [0.15, 0.2) is 30.3 Å². The molecule has 2 aliphatic rings. The lowest BCUT2D eigenvalue weighted by atomic mass is 9.87. The molecule has 1 aromatic rings. The highest BCUT2D eigenvalue weighted by Crippen LogP contribution is 2.38. The van der Waals surface area contributed by atoms with Crippen molar-refractivity contribution in [3.63, 3.8) is 0 Å². The summed E-state index contributed by atoms with van der Waals surface area (Å²) in [5, 5.41) is 0. The Hall–Kier alpha value is -1.10. The van der Waals surface area contributed by atoms with Crippen molar-refractivity contribution in [3.8, 4) is 0 Å². The third kappa shape index (κ3) is 2.82. The van der Waals surface area contributed by atoms with Crippen LogP contribution >= 0.6 is 12.4 Å². The highest BCUT2D eigenvalue weighted by atomic mass is 35.5. The van der Waals surface area contributed by atoms with Crippen molar-refractivity contribution >= 4 is 18.3 Å². The first-order valence-corrected chi connectivity index (χ1v) is 6.87. The second-order valence-corrected chi connectivity index (χ2v) is 5.70. The number of hydrogen-bond donors (Lipinski definition) is 1. The molecule has 0 aliphatic carbocycles. The van der Waals surface area contributed by atoms with Crippen molar-refractivity contribution in [1.82, 2.24) is 4.90 Å². The third-order valence-electron chi connectivity index (χ3n) is 4.36. The molecule has 2 N–H and O–H groups in total. The molecule has 3 rings (SSSR count). The molecular formula is C15H21ClN2O2. The van der Waals surface area contributed by atoms with Gasteiger partial charge in [-0.05, 0) is 18.4 Å². The number of likely N-dealkylation sites (tertiary alicyclic amines) is 1. The first-order chi connectivity index (χ1) is 9.20. The van der Waals surface area contributed by atoms with Gasteiger partial charge in [0.25, 0.3) is 0 Å². The number of benzene rings is 1. The molecule has 110 valence electrons. The van der Waals surface area contributed by atoms with Crippen LogP contribution in [0.5, 0.6) is 0 Å². The number of ether oxygens (including phenoxy) is 1. The van der Waals surface area contributed by atoms with E-state index in [1.807, 2.05) is 35.2 Å². The summed E-state index contributed by atoms with van der Waals surface area (Å²) in [5.41, 5.74) is 7.17. The quantitative estimate of drug-likeness (QED) is 0.904. The largest absolute Gasteiger partial charge is 0.381 e. The SMILES string of the molecule is Cl.NC(C(=O)N1CCC2(CCOC2)C1)c1ccccc1. The van der Waals surface area contributed by atoms with Crippen LogP contribution in [0.2, 0.25) is 0 Å². The lowest BCUT2D eigenvalue weighted by molar-refractivity contribution is -0.132. The van der Waals surface area contributed by atoms with Crippen LogP contribution < -0.4 is 5.73 Å². The van der Waals surface area contributed by atoms with E-state index in [0.717, 1.165) is 44.7 Å². The second-order valence-electron chi connectivity index (χ2n) is 5.70. The van der Waals surface area contributed by atoms with Crippen LogP contribution in [-0.4, -0.2) is 37.1 Å². The molecule has 0 saturated carbocycles. The maximum absolute atomic E-state index is 12.4. The molecule has 2 atom stereocenters. The van der Waals surface area contributed by atoms with E-state index in [0.29, 0.717) is 0 Å². The highest BCUT2D eigenvalue weighted by Gasteiger charge is 2.43. The molecule has 0 aromatic heterocycles. The molecule has 2 unspecified atom stereocenters. The number of halogens is 1. The first-order valence-electron chi connectivity index (χ1n) is 6.87. The number of nitrogens with zero attached hydrogens (tertiary/aromatic N) is 1. The Morgan fingerprint density at radius 2 is 2.05 bits per heavy atom. The maximum atomic E-state index is 12.4. The zero-order valence-electron chi connectivity index (χ0n) is 11.5. The fourth-order valence-electron chi connectivity index (χ4n) is 3.09. The van der Waals surface area contributed by atoms with Crippen LogP contribution in [-0.2, 0) is 9.53 Å². The summed E-state index contributed by atoms with van der Waals surface area (Å²) in [5.74, 6) is 0.0370. The summed E-state index contributed by atoms with van der Waals surface area (Å²) >= 11 is 0. The Morgan fingerprint density at radius 3 is 2.70 bits per heavy atom. The van der Waals surface area contributed by atoms with Crippen molar-refractivity contribution in [2.75, 3.05) is 26.3 Å². The topological polar surface area (TPSA) is 55.6 Å². The number of carbonyl (C=O) groups excluding carboxylic acids is 1. The van der Waals surface area contributed by atoms with E-state index in [9.17, 15) is 4.79 Å². The van der Waals surface area contributed by atoms with Gasteiger partial charge in [0, 0.05) is 25.1 Å². The van der Waals surface area contributed by atoms with Gasteiger partial charge in [-0.2, -0.15) is 0 Å². The van der Waals surface area contributed by atoms with Gasteiger partial charge in [-0.1, -0.05) is 30.3 Å². The average Bonchev–Trinajstić information content (AvgIpc) is 3.09. The van der Waals surface area contributed by atoms with E-state index in [1.54, 1.807) is 0 Å². The average molecular weight is 297 g/mol. The summed E-state index contributed by atoms with van der Waals surface area (Å²) in [4.78, 5) is 14.4. The molecule has 4 nitrogen and oxygen atoms in total. The van der Waals surface area contributed by atoms with Crippen molar-refractivity contribution in [2.45, 2.75) is 18.9 Å². The summed E-state index contributed by atoms with van der Waals surface area (Å²) in [7, 11) is 0. The van der Waals surface area contributed by atoms with Gasteiger partial charge in [0.05, 0.1) is 6.61 Å². The number of carbonyl (C=O) groups is 1. The lowest BCUT2D eigenvalue weighted by Crippen LogP contribution is -2.38. The minimum absolute atomic E-state index is 0. The second kappa shape index (κ2) is 6.12. The van der Waals surface area contributed by atoms with E-state index < -0.39 is 6.04 Å². The first kappa shape index (κ1) is 15.3. The lowest BCUT2D eigenvalue weighted by Gasteiger charge is -2.24. The maximum Gasteiger partial charge on any atom is 0.244 e. The van der Waals surface area contributed by atoms with Crippen LogP contribution in [0.25, 0.3) is 0 Å². The van der Waals surface area contributed by atoms with Crippen LogP contribution in [0.1, 0.15) is 24.4 Å². The van der Waals surface area contributed by atoms with Gasteiger partial charge in [0.1, 0.15) is 6.04 Å². The number of rotatable bonds is 2. The molecule has 5 heteroatoms. The Kier molecular flexibility index (Phi) is 4.68. The van der Waals surface area contributed by atoms with E-state index in [4.69, 9.17) is 10.5 Å². The van der Waals surface area contributed by atoms with Crippen molar-refractivity contribution in [3.05, 3.63) is 35.9 Å². The van der Waals surface area contributed by atoms with Crippen LogP contribution in [0.4, 0.5) is 0 Å². The smallest absolute Gasteiger partial charge is 0.244 e. The summed E-state index contributed by atoms with van der Waals surface area (Å²) in [6, 6.07) is 9.04. The Labute approximate surface area is 125 Å². The summed E-state index contributed by atoms with van der Waals surface area (Å²) < 4.78 is 5.49. The van der Waals surface area contributed by atoms with Gasteiger partial charge >= 0.3 is 0 Å². The van der Waals surface area contributed by atoms with Crippen LogP contribution in [0, 0.1) is 5.41 Å². The van der Waals surface area contributed by atoms with Crippen LogP contribution in [0.3, 0.4) is 0 Å². The minimum atomic E-state index is -0.543. The van der Waals surface area contributed by atoms with Crippen molar-refractivity contribution in [1.29, 1.82) is 0 Å². The van der Waals surface area contributed by atoms with Gasteiger partial charge in [-0.15, -0.1) is 12.4 Å². The summed E-state index contributed by atoms with van der Waals surface area (Å²) in [6.07, 6.45) is 2.11. The molecule has 2 saturated heterocycles. The van der Waals surface area contributed by atoms with Crippen molar-refractivity contribution in [2.24, 2.45) is 11.1 Å². The molecule has 2 heterocycles. The predicted molar refractivity (Wildman–Crippen MR) is 79.7 cm³/mol. The fourth-order valence-corrected chi connectivity index (χ4v) is 3.09. The molecular weight excluding hydrogens is 276 g/mol. The third-order valence-corrected chi connectivity index (χ3v) is 4.36. The molecule has 20 heavy (non-hydrogen) atoms. The monoisotopic (exact) mass is 296 g/mol. The summed E-state index contributed by atoms with van der Waals surface area (Å²) in [6.45, 7) is 3.22. The van der Waals surface area contributed by atoms with E-state index in [1.165, 1.54) is 0 Å². The number of hydrogen-bond acceptors (Lipinski definition) is 3. The molecule has 0 radical (unpaired) electrons. The molecule has 2 aliphatic heterocycles. The molecule has 1 amide bonds. The van der Waals surface area contributed by atoms with Gasteiger partial charge < -0.3 is 15.4 Å². The van der Waals surface area contributed by atoms with Crippen molar-refractivity contribution < 1.29 is 9.53 Å². The highest BCUT2D eigenvalue weighted by molar-refractivity contribution is 5.85. The molecule has 1 aromatic carbocycles. The van der Waals surface area contributed by atoms with Gasteiger partial charge in [-0.25, -0.2) is 0 Å². The van der Waals surface area contributed by atoms with E-state index >= 15 is 0 Å².